The highest BCUT2D eigenvalue weighted by molar-refractivity contribution is 9.10. The molecule has 0 bridgehead atoms. The van der Waals surface area contributed by atoms with Crippen molar-refractivity contribution in [3.63, 3.8) is 0 Å². The second-order valence-corrected chi connectivity index (χ2v) is 5.06. The predicted octanol–water partition coefficient (Wildman–Crippen LogP) is 2.60. The van der Waals surface area contributed by atoms with Gasteiger partial charge < -0.3 is 10.6 Å². The summed E-state index contributed by atoms with van der Waals surface area (Å²) < 4.78 is 38.3. The molecule has 2 rings (SSSR count). The van der Waals surface area contributed by atoms with Gasteiger partial charge in [0.05, 0.1) is 10.4 Å². The summed E-state index contributed by atoms with van der Waals surface area (Å²) in [4.78, 5) is 9.65. The van der Waals surface area contributed by atoms with Crippen molar-refractivity contribution in [2.75, 3.05) is 23.7 Å². The molecule has 1 aliphatic heterocycles. The number of rotatable bonds is 1. The van der Waals surface area contributed by atoms with Crippen molar-refractivity contribution in [2.24, 2.45) is 5.92 Å². The van der Waals surface area contributed by atoms with Gasteiger partial charge in [-0.3, -0.25) is 0 Å². The minimum absolute atomic E-state index is 0.0832. The molecule has 0 spiro atoms. The largest absolute Gasteiger partial charge is 0.391 e. The van der Waals surface area contributed by atoms with E-state index in [2.05, 4.69) is 25.9 Å². The number of aromatic nitrogens is 2. The molecule has 1 aliphatic rings. The van der Waals surface area contributed by atoms with Crippen LogP contribution in [0.2, 0.25) is 0 Å². The summed E-state index contributed by atoms with van der Waals surface area (Å²) in [5, 5.41) is 0. The zero-order valence-corrected chi connectivity index (χ0v) is 11.0. The molecule has 0 radical (unpaired) electrons. The van der Waals surface area contributed by atoms with Gasteiger partial charge in [0.15, 0.2) is 0 Å². The Hall–Kier alpha value is -1.05. The van der Waals surface area contributed by atoms with Crippen LogP contribution in [0.25, 0.3) is 0 Å². The van der Waals surface area contributed by atoms with Crippen molar-refractivity contribution >= 4 is 27.7 Å². The quantitative estimate of drug-likeness (QED) is 0.862. The van der Waals surface area contributed by atoms with Crippen LogP contribution in [0, 0.1) is 5.92 Å². The molecule has 18 heavy (non-hydrogen) atoms. The molecule has 100 valence electrons. The molecule has 0 saturated carbocycles. The summed E-state index contributed by atoms with van der Waals surface area (Å²) >= 11 is 3.28. The van der Waals surface area contributed by atoms with Gasteiger partial charge in [0, 0.05) is 19.3 Å². The standard InChI is InChI=1S/C10H12BrF3N4/c11-7-5-16-9(15)17-8(7)18-3-1-6(2-4-18)10(12,13)14/h5-6H,1-4H2,(H2,15,16,17). The van der Waals surface area contributed by atoms with E-state index in [-0.39, 0.29) is 18.8 Å². The second-order valence-electron chi connectivity index (χ2n) is 4.20. The lowest BCUT2D eigenvalue weighted by atomic mass is 9.96. The normalized spacial score (nSPS) is 18.1. The van der Waals surface area contributed by atoms with Gasteiger partial charge >= 0.3 is 6.18 Å². The maximum atomic E-state index is 12.5. The van der Waals surface area contributed by atoms with Crippen molar-refractivity contribution in [3.05, 3.63) is 10.7 Å². The summed E-state index contributed by atoms with van der Waals surface area (Å²) in [7, 11) is 0. The summed E-state index contributed by atoms with van der Waals surface area (Å²) in [6.45, 7) is 0.637. The lowest BCUT2D eigenvalue weighted by Gasteiger charge is -2.34. The number of nitrogens with zero attached hydrogens (tertiary/aromatic N) is 3. The average Bonchev–Trinajstić information content (AvgIpc) is 2.31. The smallest absolute Gasteiger partial charge is 0.368 e. The van der Waals surface area contributed by atoms with E-state index in [4.69, 9.17) is 5.73 Å². The maximum absolute atomic E-state index is 12.5. The van der Waals surface area contributed by atoms with Crippen molar-refractivity contribution < 1.29 is 13.2 Å². The topological polar surface area (TPSA) is 55.0 Å². The highest BCUT2D eigenvalue weighted by Crippen LogP contribution is 2.36. The summed E-state index contributed by atoms with van der Waals surface area (Å²) in [6, 6.07) is 0. The van der Waals surface area contributed by atoms with Crippen LogP contribution >= 0.6 is 15.9 Å². The SMILES string of the molecule is Nc1ncc(Br)c(N2CCC(C(F)(F)F)CC2)n1. The van der Waals surface area contributed by atoms with E-state index in [1.54, 1.807) is 4.90 Å². The van der Waals surface area contributed by atoms with Gasteiger partial charge in [-0.25, -0.2) is 4.98 Å². The second kappa shape index (κ2) is 4.91. The fourth-order valence-electron chi connectivity index (χ4n) is 2.01. The number of alkyl halides is 3. The summed E-state index contributed by atoms with van der Waals surface area (Å²) in [5.74, 6) is -0.541. The van der Waals surface area contributed by atoms with Crippen LogP contribution in [0.3, 0.4) is 0 Å². The van der Waals surface area contributed by atoms with E-state index in [1.165, 1.54) is 6.20 Å². The number of nitrogens with two attached hydrogens (primary N) is 1. The molecule has 2 heterocycles. The Balaban J connectivity index is 2.08. The van der Waals surface area contributed by atoms with Crippen LogP contribution in [0.4, 0.5) is 24.9 Å². The highest BCUT2D eigenvalue weighted by Gasteiger charge is 2.41. The highest BCUT2D eigenvalue weighted by atomic mass is 79.9. The first-order valence-corrected chi connectivity index (χ1v) is 6.27. The van der Waals surface area contributed by atoms with E-state index in [0.29, 0.717) is 23.4 Å². The molecule has 1 aromatic heterocycles. The van der Waals surface area contributed by atoms with Gasteiger partial charge in [-0.15, -0.1) is 0 Å². The van der Waals surface area contributed by atoms with Crippen LogP contribution in [-0.2, 0) is 0 Å². The molecule has 0 atom stereocenters. The number of anilines is 2. The van der Waals surface area contributed by atoms with Gasteiger partial charge in [-0.05, 0) is 28.8 Å². The third kappa shape index (κ3) is 2.85. The molecule has 0 amide bonds. The van der Waals surface area contributed by atoms with Gasteiger partial charge in [0.2, 0.25) is 5.95 Å². The van der Waals surface area contributed by atoms with Crippen molar-refractivity contribution in [1.82, 2.24) is 9.97 Å². The van der Waals surface area contributed by atoms with E-state index in [0.717, 1.165) is 0 Å². The Labute approximate surface area is 111 Å². The summed E-state index contributed by atoms with van der Waals surface area (Å²) in [5.41, 5.74) is 5.48. The van der Waals surface area contributed by atoms with E-state index in [9.17, 15) is 13.2 Å². The first kappa shape index (κ1) is 13.4. The monoisotopic (exact) mass is 324 g/mol. The van der Waals surface area contributed by atoms with Crippen LogP contribution < -0.4 is 10.6 Å². The molecule has 8 heteroatoms. The fraction of sp³-hybridized carbons (Fsp3) is 0.600. The van der Waals surface area contributed by atoms with Crippen LogP contribution in [0.15, 0.2) is 10.7 Å². The molecular weight excluding hydrogens is 313 g/mol. The Morgan fingerprint density at radius 1 is 1.33 bits per heavy atom. The van der Waals surface area contributed by atoms with Crippen LogP contribution in [0.5, 0.6) is 0 Å². The number of hydrogen-bond donors (Lipinski definition) is 1. The van der Waals surface area contributed by atoms with Crippen molar-refractivity contribution in [1.29, 1.82) is 0 Å². The lowest BCUT2D eigenvalue weighted by Crippen LogP contribution is -2.39. The molecule has 2 N–H and O–H groups in total. The van der Waals surface area contributed by atoms with E-state index >= 15 is 0 Å². The molecule has 1 aromatic rings. The Morgan fingerprint density at radius 3 is 2.50 bits per heavy atom. The zero-order chi connectivity index (χ0) is 13.3. The van der Waals surface area contributed by atoms with Gasteiger partial charge in [0.1, 0.15) is 5.82 Å². The van der Waals surface area contributed by atoms with Gasteiger partial charge in [-0.1, -0.05) is 0 Å². The summed E-state index contributed by atoms with van der Waals surface area (Å²) in [6.07, 6.45) is -2.43. The van der Waals surface area contributed by atoms with Crippen LogP contribution in [-0.4, -0.2) is 29.2 Å². The number of nitrogen functional groups attached to an aromatic ring is 1. The number of hydrogen-bond acceptors (Lipinski definition) is 4. The minimum Gasteiger partial charge on any atom is -0.368 e. The van der Waals surface area contributed by atoms with Crippen molar-refractivity contribution in [3.8, 4) is 0 Å². The fourth-order valence-corrected chi connectivity index (χ4v) is 2.45. The van der Waals surface area contributed by atoms with Crippen molar-refractivity contribution in [2.45, 2.75) is 19.0 Å². The predicted molar refractivity (Wildman–Crippen MR) is 65.1 cm³/mol. The number of piperidine rings is 1. The molecule has 0 aliphatic carbocycles. The number of halogens is 4. The first-order valence-electron chi connectivity index (χ1n) is 5.47. The van der Waals surface area contributed by atoms with Gasteiger partial charge in [-0.2, -0.15) is 18.2 Å². The molecule has 4 nitrogen and oxygen atoms in total. The molecule has 1 fully saturated rings. The molecule has 0 aromatic carbocycles. The van der Waals surface area contributed by atoms with Gasteiger partial charge in [0.25, 0.3) is 0 Å². The lowest BCUT2D eigenvalue weighted by molar-refractivity contribution is -0.179. The minimum atomic E-state index is -4.10. The molecule has 0 unspecified atom stereocenters. The third-order valence-electron chi connectivity index (χ3n) is 3.00. The maximum Gasteiger partial charge on any atom is 0.391 e. The van der Waals surface area contributed by atoms with E-state index < -0.39 is 12.1 Å². The first-order chi connectivity index (χ1) is 8.38. The Kier molecular flexibility index (Phi) is 3.65. The molecular formula is C10H12BrF3N4. The van der Waals surface area contributed by atoms with Crippen LogP contribution in [0.1, 0.15) is 12.8 Å². The molecule has 1 saturated heterocycles. The Morgan fingerprint density at radius 2 is 1.94 bits per heavy atom. The zero-order valence-electron chi connectivity index (χ0n) is 9.41. The Bertz CT molecular complexity index is 430. The average molecular weight is 325 g/mol. The third-order valence-corrected chi connectivity index (χ3v) is 3.56. The van der Waals surface area contributed by atoms with E-state index in [1.807, 2.05) is 0 Å².